The molecule has 1 saturated heterocycles. The maximum absolute atomic E-state index is 13.3. The van der Waals surface area contributed by atoms with Crippen molar-refractivity contribution in [3.05, 3.63) is 53.9 Å². The predicted octanol–water partition coefficient (Wildman–Crippen LogP) is 3.45. The Morgan fingerprint density at radius 2 is 1.79 bits per heavy atom. The lowest BCUT2D eigenvalue weighted by Crippen LogP contribution is -2.25. The zero-order valence-corrected chi connectivity index (χ0v) is 20.1. The molecule has 3 aromatic rings. The number of nitrogens with one attached hydrogen (secondary N) is 2. The number of rotatable bonds is 7. The average Bonchev–Trinajstić information content (AvgIpc) is 3.32. The van der Waals surface area contributed by atoms with Crippen LogP contribution in [0.3, 0.4) is 0 Å². The molecule has 2 heterocycles. The number of amides is 1. The standard InChI is InChI=1S/C24H28N6O3S/c1-29(2)34(32,33)19-11-12-21(30-13-3-4-14-30)20(15-19)24(31)25-18-9-7-17(8-10-18)23-26-22(27-28-23)16-5-6-16/h7-12,15-16H,3-6,13-14H2,1-2H3,(H,25,31)(H,26,27,28). The van der Waals surface area contributed by atoms with Crippen molar-refractivity contribution in [3.8, 4) is 11.4 Å². The molecule has 2 aliphatic rings. The van der Waals surface area contributed by atoms with E-state index in [1.807, 2.05) is 12.1 Å². The second kappa shape index (κ2) is 8.84. The molecule has 1 aliphatic heterocycles. The van der Waals surface area contributed by atoms with Crippen molar-refractivity contribution in [2.45, 2.75) is 36.5 Å². The number of nitrogens with zero attached hydrogens (tertiary/aromatic N) is 4. The number of carbonyl (C=O) groups excluding carboxylic acids is 1. The fourth-order valence-electron chi connectivity index (χ4n) is 4.15. The van der Waals surface area contributed by atoms with Gasteiger partial charge in [-0.05, 0) is 68.1 Å². The Morgan fingerprint density at radius 3 is 2.44 bits per heavy atom. The summed E-state index contributed by atoms with van der Waals surface area (Å²) in [5, 5.41) is 10.2. The first-order valence-electron chi connectivity index (χ1n) is 11.5. The molecule has 0 unspecified atom stereocenters. The molecular weight excluding hydrogens is 452 g/mol. The summed E-state index contributed by atoms with van der Waals surface area (Å²) in [5.74, 6) is 1.71. The van der Waals surface area contributed by atoms with E-state index in [-0.39, 0.29) is 10.8 Å². The number of hydrogen-bond acceptors (Lipinski definition) is 6. The molecule has 2 aromatic carbocycles. The highest BCUT2D eigenvalue weighted by atomic mass is 32.2. The third-order valence-electron chi connectivity index (χ3n) is 6.31. The number of aromatic amines is 1. The van der Waals surface area contributed by atoms with Gasteiger partial charge in [-0.25, -0.2) is 17.7 Å². The van der Waals surface area contributed by atoms with E-state index in [0.717, 1.165) is 60.2 Å². The number of H-pyrrole nitrogens is 1. The second-order valence-electron chi connectivity index (χ2n) is 9.01. The van der Waals surface area contributed by atoms with Gasteiger partial charge in [0.15, 0.2) is 5.82 Å². The van der Waals surface area contributed by atoms with Gasteiger partial charge < -0.3 is 10.2 Å². The van der Waals surface area contributed by atoms with Crippen molar-refractivity contribution in [1.29, 1.82) is 0 Å². The summed E-state index contributed by atoms with van der Waals surface area (Å²) in [7, 11) is -0.706. The smallest absolute Gasteiger partial charge is 0.257 e. The van der Waals surface area contributed by atoms with Crippen LogP contribution in [-0.4, -0.2) is 61.0 Å². The van der Waals surface area contributed by atoms with Crippen molar-refractivity contribution in [1.82, 2.24) is 19.5 Å². The molecule has 5 rings (SSSR count). The lowest BCUT2D eigenvalue weighted by Gasteiger charge is -2.22. The molecule has 0 spiro atoms. The third kappa shape index (κ3) is 4.43. The topological polar surface area (TPSA) is 111 Å². The maximum atomic E-state index is 13.3. The summed E-state index contributed by atoms with van der Waals surface area (Å²) in [4.78, 5) is 20.1. The monoisotopic (exact) mass is 480 g/mol. The van der Waals surface area contributed by atoms with Gasteiger partial charge in [0, 0.05) is 50.0 Å². The van der Waals surface area contributed by atoms with E-state index in [9.17, 15) is 13.2 Å². The van der Waals surface area contributed by atoms with Gasteiger partial charge in [-0.2, -0.15) is 5.10 Å². The lowest BCUT2D eigenvalue weighted by atomic mass is 10.1. The SMILES string of the molecule is CN(C)S(=O)(=O)c1ccc(N2CCCC2)c(C(=O)Nc2ccc(-c3n[nH]c(C4CC4)n3)cc2)c1. The third-order valence-corrected chi connectivity index (χ3v) is 8.12. The van der Waals surface area contributed by atoms with Crippen LogP contribution in [0.15, 0.2) is 47.4 Å². The first-order valence-corrected chi connectivity index (χ1v) is 12.9. The van der Waals surface area contributed by atoms with E-state index >= 15 is 0 Å². The van der Waals surface area contributed by atoms with Crippen molar-refractivity contribution < 1.29 is 13.2 Å². The van der Waals surface area contributed by atoms with Crippen molar-refractivity contribution in [3.63, 3.8) is 0 Å². The van der Waals surface area contributed by atoms with Crippen LogP contribution in [0.25, 0.3) is 11.4 Å². The van der Waals surface area contributed by atoms with E-state index in [1.54, 1.807) is 24.3 Å². The van der Waals surface area contributed by atoms with Crippen LogP contribution >= 0.6 is 0 Å². The van der Waals surface area contributed by atoms with Crippen molar-refractivity contribution in [2.75, 3.05) is 37.4 Å². The molecule has 0 atom stereocenters. The quantitative estimate of drug-likeness (QED) is 0.536. The van der Waals surface area contributed by atoms with E-state index < -0.39 is 10.0 Å². The van der Waals surface area contributed by atoms with Crippen LogP contribution < -0.4 is 10.2 Å². The van der Waals surface area contributed by atoms with E-state index in [4.69, 9.17) is 0 Å². The number of benzene rings is 2. The average molecular weight is 481 g/mol. The summed E-state index contributed by atoms with van der Waals surface area (Å²) in [6.45, 7) is 1.68. The van der Waals surface area contributed by atoms with Crippen LogP contribution in [0.1, 0.15) is 47.8 Å². The van der Waals surface area contributed by atoms with E-state index in [0.29, 0.717) is 23.0 Å². The number of aromatic nitrogens is 3. The second-order valence-corrected chi connectivity index (χ2v) is 11.2. The van der Waals surface area contributed by atoms with Crippen LogP contribution in [0.2, 0.25) is 0 Å². The van der Waals surface area contributed by atoms with Crippen molar-refractivity contribution in [2.24, 2.45) is 0 Å². The minimum Gasteiger partial charge on any atom is -0.371 e. The minimum atomic E-state index is -3.66. The van der Waals surface area contributed by atoms with Gasteiger partial charge in [0.1, 0.15) is 5.82 Å². The maximum Gasteiger partial charge on any atom is 0.257 e. The normalized spacial score (nSPS) is 16.3. The van der Waals surface area contributed by atoms with Gasteiger partial charge in [0.25, 0.3) is 5.91 Å². The van der Waals surface area contributed by atoms with Gasteiger partial charge in [-0.3, -0.25) is 9.89 Å². The molecule has 0 bridgehead atoms. The number of sulfonamides is 1. The predicted molar refractivity (Wildman–Crippen MR) is 131 cm³/mol. The Morgan fingerprint density at radius 1 is 1.09 bits per heavy atom. The molecule has 34 heavy (non-hydrogen) atoms. The number of hydrogen-bond donors (Lipinski definition) is 2. The Balaban J connectivity index is 1.40. The molecule has 1 amide bonds. The zero-order chi connectivity index (χ0) is 23.9. The molecule has 9 nitrogen and oxygen atoms in total. The molecule has 10 heteroatoms. The summed E-state index contributed by atoms with van der Waals surface area (Å²) in [6, 6.07) is 12.1. The number of carbonyl (C=O) groups is 1. The highest BCUT2D eigenvalue weighted by Gasteiger charge is 2.27. The fourth-order valence-corrected chi connectivity index (χ4v) is 5.07. The van der Waals surface area contributed by atoms with Crippen LogP contribution in [-0.2, 0) is 10.0 Å². The Bertz CT molecular complexity index is 1310. The van der Waals surface area contributed by atoms with Gasteiger partial charge in [-0.15, -0.1) is 0 Å². The van der Waals surface area contributed by atoms with E-state index in [2.05, 4.69) is 25.4 Å². The molecular formula is C24H28N6O3S. The van der Waals surface area contributed by atoms with Crippen molar-refractivity contribution >= 4 is 27.3 Å². The molecule has 0 radical (unpaired) electrons. The summed E-state index contributed by atoms with van der Waals surface area (Å²) < 4.78 is 26.5. The highest BCUT2D eigenvalue weighted by molar-refractivity contribution is 7.89. The Labute approximate surface area is 199 Å². The van der Waals surface area contributed by atoms with Crippen LogP contribution in [0.4, 0.5) is 11.4 Å². The van der Waals surface area contributed by atoms with E-state index in [1.165, 1.54) is 20.2 Å². The summed E-state index contributed by atoms with van der Waals surface area (Å²) in [5.41, 5.74) is 2.56. The largest absolute Gasteiger partial charge is 0.371 e. The molecule has 2 N–H and O–H groups in total. The lowest BCUT2D eigenvalue weighted by molar-refractivity contribution is 0.102. The number of anilines is 2. The fraction of sp³-hybridized carbons (Fsp3) is 0.375. The molecule has 2 fully saturated rings. The highest BCUT2D eigenvalue weighted by Crippen LogP contribution is 2.38. The molecule has 1 saturated carbocycles. The van der Waals surface area contributed by atoms with Gasteiger partial charge >= 0.3 is 0 Å². The van der Waals surface area contributed by atoms with Gasteiger partial charge in [0.2, 0.25) is 10.0 Å². The Kier molecular flexibility index (Phi) is 5.86. The molecule has 1 aromatic heterocycles. The first kappa shape index (κ1) is 22.5. The van der Waals surface area contributed by atoms with Crippen LogP contribution in [0, 0.1) is 0 Å². The van der Waals surface area contributed by atoms with Gasteiger partial charge in [-0.1, -0.05) is 0 Å². The van der Waals surface area contributed by atoms with Crippen LogP contribution in [0.5, 0.6) is 0 Å². The minimum absolute atomic E-state index is 0.0945. The molecule has 178 valence electrons. The molecule has 1 aliphatic carbocycles. The summed E-state index contributed by atoms with van der Waals surface area (Å²) >= 11 is 0. The first-order chi connectivity index (χ1) is 16.3. The Hall–Kier alpha value is -3.24. The van der Waals surface area contributed by atoms with Gasteiger partial charge in [0.05, 0.1) is 10.5 Å². The summed E-state index contributed by atoms with van der Waals surface area (Å²) in [6.07, 6.45) is 4.39. The zero-order valence-electron chi connectivity index (χ0n) is 19.3.